The third-order valence-corrected chi connectivity index (χ3v) is 2.42. The summed E-state index contributed by atoms with van der Waals surface area (Å²) in [7, 11) is 1.80. The third-order valence-electron chi connectivity index (χ3n) is 2.42. The molecule has 0 amide bonds. The SMILES string of the molecule is CCCC[C@@H]1C[C@H](OC)CN1. The van der Waals surface area contributed by atoms with Gasteiger partial charge < -0.3 is 10.1 Å². The fraction of sp³-hybridized carbons (Fsp3) is 1.00. The highest BCUT2D eigenvalue weighted by Gasteiger charge is 2.22. The molecule has 2 atom stereocenters. The number of hydrogen-bond acceptors (Lipinski definition) is 2. The van der Waals surface area contributed by atoms with Crippen molar-refractivity contribution in [3.63, 3.8) is 0 Å². The van der Waals surface area contributed by atoms with E-state index in [-0.39, 0.29) is 0 Å². The van der Waals surface area contributed by atoms with E-state index in [1.54, 1.807) is 7.11 Å². The minimum atomic E-state index is 0.469. The van der Waals surface area contributed by atoms with E-state index in [2.05, 4.69) is 12.2 Å². The van der Waals surface area contributed by atoms with Crippen LogP contribution in [0.5, 0.6) is 0 Å². The number of methoxy groups -OCH3 is 1. The van der Waals surface area contributed by atoms with Crippen LogP contribution in [-0.4, -0.2) is 25.8 Å². The largest absolute Gasteiger partial charge is 0.380 e. The maximum Gasteiger partial charge on any atom is 0.0710 e. The Hall–Kier alpha value is -0.0800. The van der Waals surface area contributed by atoms with Crippen LogP contribution >= 0.6 is 0 Å². The second kappa shape index (κ2) is 4.73. The molecule has 0 unspecified atom stereocenters. The van der Waals surface area contributed by atoms with Gasteiger partial charge in [0, 0.05) is 19.7 Å². The van der Waals surface area contributed by atoms with Gasteiger partial charge in [-0.2, -0.15) is 0 Å². The number of hydrogen-bond donors (Lipinski definition) is 1. The Morgan fingerprint density at radius 3 is 2.91 bits per heavy atom. The topological polar surface area (TPSA) is 21.3 Å². The molecule has 1 rings (SSSR count). The van der Waals surface area contributed by atoms with Crippen molar-refractivity contribution in [3.8, 4) is 0 Å². The Labute approximate surface area is 69.3 Å². The predicted octanol–water partition coefficient (Wildman–Crippen LogP) is 1.55. The lowest BCUT2D eigenvalue weighted by Crippen LogP contribution is -2.21. The van der Waals surface area contributed by atoms with E-state index in [9.17, 15) is 0 Å². The first-order chi connectivity index (χ1) is 5.36. The van der Waals surface area contributed by atoms with Crippen molar-refractivity contribution in [2.45, 2.75) is 44.8 Å². The molecular formula is C9H19NO. The van der Waals surface area contributed by atoms with E-state index >= 15 is 0 Å². The van der Waals surface area contributed by atoms with Gasteiger partial charge in [-0.05, 0) is 12.8 Å². The lowest BCUT2D eigenvalue weighted by Gasteiger charge is -2.08. The molecule has 1 heterocycles. The summed E-state index contributed by atoms with van der Waals surface area (Å²) < 4.78 is 5.26. The van der Waals surface area contributed by atoms with E-state index in [0.29, 0.717) is 6.10 Å². The molecule has 0 aromatic carbocycles. The summed E-state index contributed by atoms with van der Waals surface area (Å²) in [6.45, 7) is 3.29. The molecule has 0 aromatic heterocycles. The van der Waals surface area contributed by atoms with Crippen LogP contribution in [-0.2, 0) is 4.74 Å². The van der Waals surface area contributed by atoms with Crippen LogP contribution in [0.25, 0.3) is 0 Å². The standard InChI is InChI=1S/C9H19NO/c1-3-4-5-8-6-9(11-2)7-10-8/h8-10H,3-7H2,1-2H3/t8-,9+/m1/s1. The van der Waals surface area contributed by atoms with Crippen LogP contribution in [0.1, 0.15) is 32.6 Å². The molecule has 0 saturated carbocycles. The Morgan fingerprint density at radius 1 is 1.55 bits per heavy atom. The third kappa shape index (κ3) is 2.80. The van der Waals surface area contributed by atoms with Gasteiger partial charge >= 0.3 is 0 Å². The summed E-state index contributed by atoms with van der Waals surface area (Å²) in [6, 6.07) is 0.722. The molecule has 2 nitrogen and oxygen atoms in total. The van der Waals surface area contributed by atoms with E-state index in [1.165, 1.54) is 25.7 Å². The van der Waals surface area contributed by atoms with Gasteiger partial charge in [-0.25, -0.2) is 0 Å². The zero-order valence-electron chi connectivity index (χ0n) is 7.60. The van der Waals surface area contributed by atoms with E-state index in [4.69, 9.17) is 4.74 Å². The second-order valence-corrected chi connectivity index (χ2v) is 3.34. The number of nitrogens with one attached hydrogen (secondary N) is 1. The maximum absolute atomic E-state index is 5.26. The average molecular weight is 157 g/mol. The fourth-order valence-electron chi connectivity index (χ4n) is 1.63. The lowest BCUT2D eigenvalue weighted by molar-refractivity contribution is 0.117. The fourth-order valence-corrected chi connectivity index (χ4v) is 1.63. The summed E-state index contributed by atoms with van der Waals surface area (Å²) >= 11 is 0. The van der Waals surface area contributed by atoms with Gasteiger partial charge in [0.1, 0.15) is 0 Å². The second-order valence-electron chi connectivity index (χ2n) is 3.34. The van der Waals surface area contributed by atoms with Crippen LogP contribution in [0.15, 0.2) is 0 Å². The van der Waals surface area contributed by atoms with Gasteiger partial charge in [0.05, 0.1) is 6.10 Å². The number of ether oxygens (including phenoxy) is 1. The smallest absolute Gasteiger partial charge is 0.0710 e. The van der Waals surface area contributed by atoms with Crippen molar-refractivity contribution in [1.29, 1.82) is 0 Å². The summed E-state index contributed by atoms with van der Waals surface area (Å²) in [4.78, 5) is 0. The molecule has 0 bridgehead atoms. The minimum Gasteiger partial charge on any atom is -0.380 e. The molecule has 0 aliphatic carbocycles. The molecule has 2 heteroatoms. The lowest BCUT2D eigenvalue weighted by atomic mass is 10.1. The quantitative estimate of drug-likeness (QED) is 0.668. The van der Waals surface area contributed by atoms with Crippen LogP contribution in [0.4, 0.5) is 0 Å². The van der Waals surface area contributed by atoms with Crippen molar-refractivity contribution in [2.24, 2.45) is 0 Å². The Balaban J connectivity index is 2.09. The summed E-state index contributed by atoms with van der Waals surface area (Å²) in [5.41, 5.74) is 0. The first kappa shape index (κ1) is 9.01. The van der Waals surface area contributed by atoms with Gasteiger partial charge in [-0.3, -0.25) is 0 Å². The van der Waals surface area contributed by atoms with Crippen LogP contribution in [0.2, 0.25) is 0 Å². The summed E-state index contributed by atoms with van der Waals surface area (Å²) in [5, 5.41) is 3.47. The van der Waals surface area contributed by atoms with Crippen molar-refractivity contribution < 1.29 is 4.74 Å². The van der Waals surface area contributed by atoms with Crippen molar-refractivity contribution in [2.75, 3.05) is 13.7 Å². The number of unbranched alkanes of at least 4 members (excludes halogenated alkanes) is 1. The van der Waals surface area contributed by atoms with Crippen LogP contribution in [0, 0.1) is 0 Å². The molecular weight excluding hydrogens is 138 g/mol. The van der Waals surface area contributed by atoms with E-state index < -0.39 is 0 Å². The summed E-state index contributed by atoms with van der Waals surface area (Å²) in [6.07, 6.45) is 5.63. The van der Waals surface area contributed by atoms with Crippen LogP contribution < -0.4 is 5.32 Å². The Bertz CT molecular complexity index is 106. The van der Waals surface area contributed by atoms with E-state index in [0.717, 1.165) is 12.6 Å². The normalized spacial score (nSPS) is 31.1. The molecule has 66 valence electrons. The predicted molar refractivity (Wildman–Crippen MR) is 46.7 cm³/mol. The van der Waals surface area contributed by atoms with Crippen molar-refractivity contribution in [1.82, 2.24) is 5.32 Å². The number of rotatable bonds is 4. The molecule has 1 N–H and O–H groups in total. The highest BCUT2D eigenvalue weighted by molar-refractivity contribution is 4.81. The molecule has 1 fully saturated rings. The monoisotopic (exact) mass is 157 g/mol. The van der Waals surface area contributed by atoms with Crippen molar-refractivity contribution >= 4 is 0 Å². The van der Waals surface area contributed by atoms with Gasteiger partial charge in [-0.15, -0.1) is 0 Å². The molecule has 0 radical (unpaired) electrons. The van der Waals surface area contributed by atoms with Crippen molar-refractivity contribution in [3.05, 3.63) is 0 Å². The molecule has 0 aromatic rings. The molecule has 1 aliphatic heterocycles. The average Bonchev–Trinajstić information content (AvgIpc) is 2.48. The molecule has 11 heavy (non-hydrogen) atoms. The summed E-state index contributed by atoms with van der Waals surface area (Å²) in [5.74, 6) is 0. The van der Waals surface area contributed by atoms with Gasteiger partial charge in [0.2, 0.25) is 0 Å². The molecule has 0 spiro atoms. The molecule has 1 aliphatic rings. The zero-order valence-corrected chi connectivity index (χ0v) is 7.60. The van der Waals surface area contributed by atoms with Gasteiger partial charge in [0.15, 0.2) is 0 Å². The van der Waals surface area contributed by atoms with Gasteiger partial charge in [0.25, 0.3) is 0 Å². The Kier molecular flexibility index (Phi) is 3.87. The molecule has 1 saturated heterocycles. The minimum absolute atomic E-state index is 0.469. The first-order valence-electron chi connectivity index (χ1n) is 4.63. The van der Waals surface area contributed by atoms with Gasteiger partial charge in [-0.1, -0.05) is 19.8 Å². The Morgan fingerprint density at radius 2 is 2.36 bits per heavy atom. The maximum atomic E-state index is 5.26. The highest BCUT2D eigenvalue weighted by atomic mass is 16.5. The van der Waals surface area contributed by atoms with Crippen LogP contribution in [0.3, 0.4) is 0 Å². The van der Waals surface area contributed by atoms with E-state index in [1.807, 2.05) is 0 Å². The zero-order chi connectivity index (χ0) is 8.10. The highest BCUT2D eigenvalue weighted by Crippen LogP contribution is 2.14. The first-order valence-corrected chi connectivity index (χ1v) is 4.63.